The summed E-state index contributed by atoms with van der Waals surface area (Å²) in [4.78, 5) is 42.0. The highest BCUT2D eigenvalue weighted by Crippen LogP contribution is 2.45. The van der Waals surface area contributed by atoms with Gasteiger partial charge in [0, 0.05) is 24.4 Å². The predicted molar refractivity (Wildman–Crippen MR) is 104 cm³/mol. The fourth-order valence-corrected chi connectivity index (χ4v) is 4.14. The van der Waals surface area contributed by atoms with Crippen LogP contribution in [-0.4, -0.2) is 34.9 Å². The first-order valence-corrected chi connectivity index (χ1v) is 9.52. The lowest BCUT2D eigenvalue weighted by Crippen LogP contribution is -2.68. The molecular formula is C21H19ClN2O4. The van der Waals surface area contributed by atoms with Crippen LogP contribution in [0.25, 0.3) is 0 Å². The molecule has 2 amide bonds. The monoisotopic (exact) mass is 398 g/mol. The van der Waals surface area contributed by atoms with Gasteiger partial charge in [-0.15, -0.1) is 0 Å². The van der Waals surface area contributed by atoms with Crippen LogP contribution in [0.2, 0.25) is 5.02 Å². The van der Waals surface area contributed by atoms with E-state index >= 15 is 0 Å². The molecule has 0 N–H and O–H groups in total. The Morgan fingerprint density at radius 1 is 1.14 bits per heavy atom. The highest BCUT2D eigenvalue weighted by Gasteiger charge is 2.61. The Hall–Kier alpha value is -2.86. The van der Waals surface area contributed by atoms with Crippen LogP contribution >= 0.6 is 11.6 Å². The second kappa shape index (κ2) is 6.95. The van der Waals surface area contributed by atoms with Crippen molar-refractivity contribution in [1.29, 1.82) is 0 Å². The molecule has 0 spiro atoms. The smallest absolute Gasteiger partial charge is 0.354 e. The number of hydrogen-bond acceptors (Lipinski definition) is 4. The molecule has 28 heavy (non-hydrogen) atoms. The Morgan fingerprint density at radius 3 is 2.57 bits per heavy atom. The molecule has 2 aliphatic rings. The quantitative estimate of drug-likeness (QED) is 0.740. The van der Waals surface area contributed by atoms with Gasteiger partial charge in [-0.05, 0) is 36.8 Å². The van der Waals surface area contributed by atoms with Crippen molar-refractivity contribution in [3.63, 3.8) is 0 Å². The molecule has 2 aromatic carbocycles. The molecular weight excluding hydrogens is 380 g/mol. The average Bonchev–Trinajstić information content (AvgIpc) is 3.06. The van der Waals surface area contributed by atoms with Crippen molar-refractivity contribution in [1.82, 2.24) is 4.90 Å². The first kappa shape index (κ1) is 18.5. The molecule has 0 radical (unpaired) electrons. The lowest BCUT2D eigenvalue weighted by atomic mass is 9.96. The molecule has 0 bridgehead atoms. The van der Waals surface area contributed by atoms with Crippen molar-refractivity contribution < 1.29 is 19.1 Å². The zero-order chi connectivity index (χ0) is 19.9. The van der Waals surface area contributed by atoms with Gasteiger partial charge in [0.15, 0.2) is 0 Å². The van der Waals surface area contributed by atoms with Gasteiger partial charge >= 0.3 is 5.97 Å². The fraction of sp³-hybridized carbons (Fsp3) is 0.286. The van der Waals surface area contributed by atoms with Gasteiger partial charge in [-0.3, -0.25) is 14.5 Å². The van der Waals surface area contributed by atoms with Crippen LogP contribution in [0.3, 0.4) is 0 Å². The minimum atomic E-state index is -1.44. The van der Waals surface area contributed by atoms with Crippen LogP contribution in [0.1, 0.15) is 35.7 Å². The maximum absolute atomic E-state index is 13.3. The molecule has 6 nitrogen and oxygen atoms in total. The van der Waals surface area contributed by atoms with Crippen LogP contribution in [-0.2, 0) is 20.9 Å². The summed E-state index contributed by atoms with van der Waals surface area (Å²) >= 11 is 5.89. The summed E-state index contributed by atoms with van der Waals surface area (Å²) in [7, 11) is 0. The number of fused-ring (bicyclic) bond motifs is 3. The Labute approximate surface area is 167 Å². The van der Waals surface area contributed by atoms with E-state index in [4.69, 9.17) is 16.3 Å². The van der Waals surface area contributed by atoms with E-state index in [0.29, 0.717) is 16.3 Å². The SMILES string of the molecule is CCN1C(=O)c2ccccc2N2C(=O)CC[C@]12C(=O)OCc1ccc(Cl)cc1. The van der Waals surface area contributed by atoms with E-state index in [1.165, 1.54) is 9.80 Å². The van der Waals surface area contributed by atoms with Crippen molar-refractivity contribution in [3.05, 3.63) is 64.7 Å². The first-order chi connectivity index (χ1) is 13.5. The van der Waals surface area contributed by atoms with Crippen molar-refractivity contribution >= 4 is 35.1 Å². The number of benzene rings is 2. The lowest BCUT2D eigenvalue weighted by molar-refractivity contribution is -0.158. The summed E-state index contributed by atoms with van der Waals surface area (Å²) in [5, 5.41) is 0.591. The second-order valence-electron chi connectivity index (χ2n) is 6.81. The third kappa shape index (κ3) is 2.67. The maximum atomic E-state index is 13.3. The van der Waals surface area contributed by atoms with E-state index in [1.54, 1.807) is 55.5 Å². The molecule has 0 unspecified atom stereocenters. The average molecular weight is 399 g/mol. The van der Waals surface area contributed by atoms with Crippen molar-refractivity contribution in [2.75, 3.05) is 11.4 Å². The van der Waals surface area contributed by atoms with E-state index in [0.717, 1.165) is 5.56 Å². The van der Waals surface area contributed by atoms with E-state index in [1.807, 2.05) is 0 Å². The fourth-order valence-electron chi connectivity index (χ4n) is 4.02. The summed E-state index contributed by atoms with van der Waals surface area (Å²) in [5.74, 6) is -1.06. The number of ether oxygens (including phenoxy) is 1. The van der Waals surface area contributed by atoms with Gasteiger partial charge < -0.3 is 9.64 Å². The van der Waals surface area contributed by atoms with Crippen molar-refractivity contribution in [2.45, 2.75) is 32.0 Å². The second-order valence-corrected chi connectivity index (χ2v) is 7.25. The van der Waals surface area contributed by atoms with E-state index in [-0.39, 0.29) is 37.8 Å². The maximum Gasteiger partial charge on any atom is 0.354 e. The summed E-state index contributed by atoms with van der Waals surface area (Å²) in [5.41, 5.74) is 0.212. The topological polar surface area (TPSA) is 66.9 Å². The predicted octanol–water partition coefficient (Wildman–Crippen LogP) is 3.38. The molecule has 7 heteroatoms. The van der Waals surface area contributed by atoms with E-state index in [9.17, 15) is 14.4 Å². The number of rotatable bonds is 4. The number of likely N-dealkylation sites (N-methyl/N-ethyl adjacent to an activating group) is 1. The number of nitrogens with zero attached hydrogens (tertiary/aromatic N) is 2. The third-order valence-electron chi connectivity index (χ3n) is 5.30. The largest absolute Gasteiger partial charge is 0.458 e. The van der Waals surface area contributed by atoms with Gasteiger partial charge in [0.25, 0.3) is 5.91 Å². The van der Waals surface area contributed by atoms with Gasteiger partial charge in [-0.25, -0.2) is 4.79 Å². The van der Waals surface area contributed by atoms with Crippen LogP contribution in [0.4, 0.5) is 5.69 Å². The van der Waals surface area contributed by atoms with Crippen LogP contribution in [0.15, 0.2) is 48.5 Å². The molecule has 0 aromatic heterocycles. The highest BCUT2D eigenvalue weighted by molar-refractivity contribution is 6.30. The molecule has 0 saturated carbocycles. The van der Waals surface area contributed by atoms with Gasteiger partial charge in [0.1, 0.15) is 6.61 Å². The molecule has 144 valence electrons. The summed E-state index contributed by atoms with van der Waals surface area (Å²) in [6, 6.07) is 13.8. The van der Waals surface area contributed by atoms with Gasteiger partial charge in [0.05, 0.1) is 11.3 Å². The Morgan fingerprint density at radius 2 is 1.86 bits per heavy atom. The number of halogens is 1. The van der Waals surface area contributed by atoms with Crippen molar-refractivity contribution in [2.24, 2.45) is 0 Å². The van der Waals surface area contributed by atoms with Gasteiger partial charge in [-0.2, -0.15) is 0 Å². The van der Waals surface area contributed by atoms with Gasteiger partial charge in [-0.1, -0.05) is 35.9 Å². The highest BCUT2D eigenvalue weighted by atomic mass is 35.5. The normalized spacial score (nSPS) is 20.8. The van der Waals surface area contributed by atoms with E-state index < -0.39 is 11.6 Å². The first-order valence-electron chi connectivity index (χ1n) is 9.14. The standard InChI is InChI=1S/C21H19ClN2O4/c1-2-23-19(26)16-5-3-4-6-17(16)24-18(25)11-12-21(23,24)20(27)28-13-14-7-9-15(22)10-8-14/h3-10H,2,11-13H2,1H3/t21-/m0/s1. The molecule has 2 aliphatic heterocycles. The zero-order valence-electron chi connectivity index (χ0n) is 15.4. The zero-order valence-corrected chi connectivity index (χ0v) is 16.1. The number of para-hydroxylation sites is 1. The van der Waals surface area contributed by atoms with Crippen LogP contribution in [0, 0.1) is 0 Å². The Balaban J connectivity index is 1.72. The molecule has 2 heterocycles. The minimum Gasteiger partial charge on any atom is -0.458 e. The summed E-state index contributed by atoms with van der Waals surface area (Å²) in [6.45, 7) is 2.11. The molecule has 0 aliphatic carbocycles. The Bertz CT molecular complexity index is 959. The third-order valence-corrected chi connectivity index (χ3v) is 5.55. The summed E-state index contributed by atoms with van der Waals surface area (Å²) in [6.07, 6.45) is 0.382. The Kier molecular flexibility index (Phi) is 4.59. The molecule has 2 aromatic rings. The molecule has 1 fully saturated rings. The van der Waals surface area contributed by atoms with Gasteiger partial charge in [0.2, 0.25) is 11.6 Å². The van der Waals surface area contributed by atoms with Crippen LogP contribution < -0.4 is 4.90 Å². The molecule has 1 atom stereocenters. The number of anilines is 1. The lowest BCUT2D eigenvalue weighted by Gasteiger charge is -2.48. The summed E-state index contributed by atoms with van der Waals surface area (Å²) < 4.78 is 5.59. The number of amides is 2. The number of hydrogen-bond donors (Lipinski definition) is 0. The minimum absolute atomic E-state index is 0.0349. The van der Waals surface area contributed by atoms with Crippen molar-refractivity contribution in [3.8, 4) is 0 Å². The van der Waals surface area contributed by atoms with Crippen LogP contribution in [0.5, 0.6) is 0 Å². The molecule has 4 rings (SSSR count). The molecule has 1 saturated heterocycles. The van der Waals surface area contributed by atoms with E-state index in [2.05, 4.69) is 0 Å². The number of esters is 1. The number of carbonyl (C=O) groups excluding carboxylic acids is 3. The number of carbonyl (C=O) groups is 3.